The highest BCUT2D eigenvalue weighted by atomic mass is 16.5. The van der Waals surface area contributed by atoms with Crippen LogP contribution in [0.1, 0.15) is 36.2 Å². The van der Waals surface area contributed by atoms with Crippen LogP contribution < -0.4 is 15.4 Å². The third-order valence-electron chi connectivity index (χ3n) is 5.26. The summed E-state index contributed by atoms with van der Waals surface area (Å²) >= 11 is 0. The molecule has 0 atom stereocenters. The molecule has 2 aliphatic rings. The van der Waals surface area contributed by atoms with E-state index in [-0.39, 0.29) is 11.9 Å². The SMILES string of the molecule is COc1ccc(CNC(=O)N2CCn3nnc(CCC(=O)NC4CC4)c3C2)cc1. The molecule has 4 rings (SSSR count). The molecule has 29 heavy (non-hydrogen) atoms. The van der Waals surface area contributed by atoms with Crippen molar-refractivity contribution in [3.63, 3.8) is 0 Å². The Morgan fingerprint density at radius 2 is 2.00 bits per heavy atom. The summed E-state index contributed by atoms with van der Waals surface area (Å²) in [6.45, 7) is 2.07. The maximum absolute atomic E-state index is 12.6. The Kier molecular flexibility index (Phi) is 5.64. The summed E-state index contributed by atoms with van der Waals surface area (Å²) in [5, 5.41) is 14.4. The second-order valence-electron chi connectivity index (χ2n) is 7.48. The minimum absolute atomic E-state index is 0.0548. The summed E-state index contributed by atoms with van der Waals surface area (Å²) in [4.78, 5) is 26.3. The van der Waals surface area contributed by atoms with Crippen LogP contribution in [0.2, 0.25) is 0 Å². The monoisotopic (exact) mass is 398 g/mol. The molecule has 0 spiro atoms. The van der Waals surface area contributed by atoms with Crippen molar-refractivity contribution in [3.8, 4) is 5.75 Å². The lowest BCUT2D eigenvalue weighted by molar-refractivity contribution is -0.121. The first-order chi connectivity index (χ1) is 14.1. The number of nitrogens with one attached hydrogen (secondary N) is 2. The second kappa shape index (κ2) is 8.50. The molecule has 1 fully saturated rings. The normalized spacial score (nSPS) is 15.6. The number of benzene rings is 1. The highest BCUT2D eigenvalue weighted by molar-refractivity contribution is 5.77. The molecule has 1 aromatic heterocycles. The Balaban J connectivity index is 1.30. The van der Waals surface area contributed by atoms with E-state index in [0.717, 1.165) is 35.5 Å². The van der Waals surface area contributed by atoms with Gasteiger partial charge in [0.15, 0.2) is 0 Å². The lowest BCUT2D eigenvalue weighted by atomic mass is 10.1. The fraction of sp³-hybridized carbons (Fsp3) is 0.500. The fourth-order valence-electron chi connectivity index (χ4n) is 3.36. The van der Waals surface area contributed by atoms with Gasteiger partial charge in [0, 0.05) is 32.0 Å². The molecule has 1 saturated carbocycles. The van der Waals surface area contributed by atoms with Gasteiger partial charge in [-0.05, 0) is 30.5 Å². The maximum atomic E-state index is 12.6. The van der Waals surface area contributed by atoms with Gasteiger partial charge in [-0.3, -0.25) is 4.79 Å². The van der Waals surface area contributed by atoms with Crippen molar-refractivity contribution in [1.82, 2.24) is 30.5 Å². The molecular weight excluding hydrogens is 372 g/mol. The summed E-state index contributed by atoms with van der Waals surface area (Å²) in [5.74, 6) is 0.842. The zero-order chi connectivity index (χ0) is 20.2. The van der Waals surface area contributed by atoms with Gasteiger partial charge in [-0.25, -0.2) is 9.48 Å². The zero-order valence-corrected chi connectivity index (χ0v) is 16.6. The minimum Gasteiger partial charge on any atom is -0.497 e. The summed E-state index contributed by atoms with van der Waals surface area (Å²) < 4.78 is 6.98. The van der Waals surface area contributed by atoms with Gasteiger partial charge >= 0.3 is 6.03 Å². The van der Waals surface area contributed by atoms with Gasteiger partial charge in [-0.1, -0.05) is 17.3 Å². The van der Waals surface area contributed by atoms with E-state index in [1.54, 1.807) is 12.0 Å². The number of rotatable bonds is 7. The average Bonchev–Trinajstić information content (AvgIpc) is 3.47. The quantitative estimate of drug-likeness (QED) is 0.730. The molecule has 1 aliphatic carbocycles. The number of urea groups is 1. The molecule has 2 aromatic rings. The average molecular weight is 398 g/mol. The fourth-order valence-corrected chi connectivity index (χ4v) is 3.36. The van der Waals surface area contributed by atoms with Crippen molar-refractivity contribution in [2.24, 2.45) is 0 Å². The van der Waals surface area contributed by atoms with E-state index in [1.807, 2.05) is 28.9 Å². The summed E-state index contributed by atoms with van der Waals surface area (Å²) in [6.07, 6.45) is 3.09. The molecule has 0 bridgehead atoms. The number of fused-ring (bicyclic) bond motifs is 1. The van der Waals surface area contributed by atoms with Crippen molar-refractivity contribution >= 4 is 11.9 Å². The Bertz CT molecular complexity index is 875. The topological polar surface area (TPSA) is 101 Å². The van der Waals surface area contributed by atoms with Crippen LogP contribution in [0.3, 0.4) is 0 Å². The molecule has 0 radical (unpaired) electrons. The number of aromatic nitrogens is 3. The first-order valence-corrected chi connectivity index (χ1v) is 9.98. The van der Waals surface area contributed by atoms with Crippen LogP contribution in [0.25, 0.3) is 0 Å². The van der Waals surface area contributed by atoms with Crippen LogP contribution in [0.15, 0.2) is 24.3 Å². The standard InChI is InChI=1S/C20H26N6O3/c1-29-16-6-2-14(3-7-16)12-21-20(28)25-10-11-26-18(13-25)17(23-24-26)8-9-19(27)22-15-4-5-15/h2-3,6-7,15H,4-5,8-13H2,1H3,(H,21,28)(H,22,27). The molecule has 2 heterocycles. The minimum atomic E-state index is -0.120. The van der Waals surface area contributed by atoms with Crippen LogP contribution in [0, 0.1) is 0 Å². The van der Waals surface area contributed by atoms with E-state index in [9.17, 15) is 9.59 Å². The molecule has 3 amide bonds. The summed E-state index contributed by atoms with van der Waals surface area (Å²) in [5.41, 5.74) is 2.71. The molecule has 0 saturated heterocycles. The van der Waals surface area contributed by atoms with Gasteiger partial charge < -0.3 is 20.3 Å². The summed E-state index contributed by atoms with van der Waals surface area (Å²) in [6, 6.07) is 7.85. The van der Waals surface area contributed by atoms with E-state index in [0.29, 0.717) is 45.1 Å². The molecule has 0 unspecified atom stereocenters. The van der Waals surface area contributed by atoms with Gasteiger partial charge in [0.25, 0.3) is 0 Å². The van der Waals surface area contributed by atoms with E-state index in [1.165, 1.54) is 0 Å². The predicted octanol–water partition coefficient (Wildman–Crippen LogP) is 1.22. The van der Waals surface area contributed by atoms with Crippen molar-refractivity contribution < 1.29 is 14.3 Å². The highest BCUT2D eigenvalue weighted by Crippen LogP contribution is 2.20. The number of carbonyl (C=O) groups is 2. The molecule has 9 nitrogen and oxygen atoms in total. The van der Waals surface area contributed by atoms with Crippen LogP contribution in [-0.4, -0.2) is 51.5 Å². The predicted molar refractivity (Wildman–Crippen MR) is 105 cm³/mol. The Labute approximate surface area is 169 Å². The first-order valence-electron chi connectivity index (χ1n) is 9.98. The third-order valence-corrected chi connectivity index (χ3v) is 5.26. The third kappa shape index (κ3) is 4.85. The van der Waals surface area contributed by atoms with Gasteiger partial charge in [0.05, 0.1) is 31.6 Å². The van der Waals surface area contributed by atoms with Gasteiger partial charge in [-0.2, -0.15) is 0 Å². The Morgan fingerprint density at radius 3 is 2.72 bits per heavy atom. The molecule has 1 aromatic carbocycles. The second-order valence-corrected chi connectivity index (χ2v) is 7.48. The number of ether oxygens (including phenoxy) is 1. The first kappa shape index (κ1) is 19.2. The van der Waals surface area contributed by atoms with Crippen LogP contribution in [0.5, 0.6) is 5.75 Å². The van der Waals surface area contributed by atoms with Gasteiger partial charge in [0.2, 0.25) is 5.91 Å². The van der Waals surface area contributed by atoms with Gasteiger partial charge in [-0.15, -0.1) is 5.10 Å². The van der Waals surface area contributed by atoms with Crippen molar-refractivity contribution in [1.29, 1.82) is 0 Å². The number of carbonyl (C=O) groups excluding carboxylic acids is 2. The van der Waals surface area contributed by atoms with E-state index in [2.05, 4.69) is 20.9 Å². The lowest BCUT2D eigenvalue weighted by Gasteiger charge is -2.28. The molecular formula is C20H26N6O3. The number of hydrogen-bond acceptors (Lipinski definition) is 5. The highest BCUT2D eigenvalue weighted by Gasteiger charge is 2.26. The molecule has 1 aliphatic heterocycles. The van der Waals surface area contributed by atoms with Crippen molar-refractivity contribution in [2.45, 2.75) is 51.4 Å². The van der Waals surface area contributed by atoms with Crippen molar-refractivity contribution in [3.05, 3.63) is 41.2 Å². The van der Waals surface area contributed by atoms with Crippen LogP contribution >= 0.6 is 0 Å². The lowest BCUT2D eigenvalue weighted by Crippen LogP contribution is -2.44. The Hall–Kier alpha value is -3.10. The number of methoxy groups -OCH3 is 1. The number of hydrogen-bond donors (Lipinski definition) is 2. The molecule has 154 valence electrons. The van der Waals surface area contributed by atoms with Crippen LogP contribution in [-0.2, 0) is 30.8 Å². The molecule has 9 heteroatoms. The number of amides is 3. The molecule has 2 N–H and O–H groups in total. The Morgan fingerprint density at radius 1 is 1.21 bits per heavy atom. The van der Waals surface area contributed by atoms with E-state index < -0.39 is 0 Å². The van der Waals surface area contributed by atoms with Crippen LogP contribution in [0.4, 0.5) is 4.79 Å². The van der Waals surface area contributed by atoms with Crippen molar-refractivity contribution in [2.75, 3.05) is 13.7 Å². The largest absolute Gasteiger partial charge is 0.497 e. The zero-order valence-electron chi connectivity index (χ0n) is 16.6. The number of nitrogens with zero attached hydrogens (tertiary/aromatic N) is 4. The summed E-state index contributed by atoms with van der Waals surface area (Å²) in [7, 11) is 1.63. The van der Waals surface area contributed by atoms with E-state index >= 15 is 0 Å². The number of aryl methyl sites for hydroxylation is 1. The smallest absolute Gasteiger partial charge is 0.318 e. The van der Waals surface area contributed by atoms with E-state index in [4.69, 9.17) is 4.74 Å². The maximum Gasteiger partial charge on any atom is 0.318 e. The van der Waals surface area contributed by atoms with Gasteiger partial charge in [0.1, 0.15) is 5.75 Å².